The Morgan fingerprint density at radius 2 is 1.86 bits per heavy atom. The van der Waals surface area contributed by atoms with E-state index in [1.54, 1.807) is 0 Å². The van der Waals surface area contributed by atoms with Gasteiger partial charge < -0.3 is 9.47 Å². The molecule has 2 heterocycles. The number of hydrazine groups is 1. The van der Waals surface area contributed by atoms with Gasteiger partial charge in [-0.05, 0) is 43.6 Å². The van der Waals surface area contributed by atoms with Crippen LogP contribution in [0, 0.1) is 5.92 Å². The molecule has 2 fully saturated rings. The molecule has 1 aromatic rings. The standard InChI is InChI=1S/C24H38N2O3/c1-6-24(7-2,28-5)21-14-11-15-25(21)26-20(16-18(3)4)22(23(26)27)29-17-19-12-9-8-10-13-19/h8-10,12-13,18,20-22H,6-7,11,14-17H2,1-5H3/t20-,21-,22-/m0/s1. The second-order valence-electron chi connectivity index (χ2n) is 8.89. The van der Waals surface area contributed by atoms with Gasteiger partial charge in [-0.25, -0.2) is 5.01 Å². The molecule has 2 aliphatic heterocycles. The van der Waals surface area contributed by atoms with Crippen LogP contribution in [0.3, 0.4) is 0 Å². The zero-order chi connectivity index (χ0) is 21.0. The van der Waals surface area contributed by atoms with Gasteiger partial charge in [0.05, 0.1) is 24.3 Å². The molecule has 5 nitrogen and oxygen atoms in total. The van der Waals surface area contributed by atoms with Crippen molar-refractivity contribution in [2.24, 2.45) is 5.92 Å². The second kappa shape index (κ2) is 9.59. The van der Waals surface area contributed by atoms with Gasteiger partial charge in [0.1, 0.15) is 0 Å². The summed E-state index contributed by atoms with van der Waals surface area (Å²) in [5.74, 6) is 0.611. The Morgan fingerprint density at radius 1 is 1.17 bits per heavy atom. The summed E-state index contributed by atoms with van der Waals surface area (Å²) in [6.45, 7) is 10.2. The smallest absolute Gasteiger partial charge is 0.268 e. The maximum absolute atomic E-state index is 13.2. The lowest BCUT2D eigenvalue weighted by molar-refractivity contribution is -0.230. The third-order valence-corrected chi connectivity index (χ3v) is 6.83. The predicted octanol–water partition coefficient (Wildman–Crippen LogP) is 4.41. The summed E-state index contributed by atoms with van der Waals surface area (Å²) < 4.78 is 12.2. The largest absolute Gasteiger partial charge is 0.377 e. The van der Waals surface area contributed by atoms with E-state index >= 15 is 0 Å². The molecule has 0 spiro atoms. The highest BCUT2D eigenvalue weighted by molar-refractivity contribution is 5.88. The van der Waals surface area contributed by atoms with Gasteiger partial charge in [-0.15, -0.1) is 0 Å². The summed E-state index contributed by atoms with van der Waals surface area (Å²) in [5.41, 5.74) is 0.909. The van der Waals surface area contributed by atoms with Crippen molar-refractivity contribution in [2.75, 3.05) is 13.7 Å². The van der Waals surface area contributed by atoms with Gasteiger partial charge in [0, 0.05) is 13.7 Å². The molecule has 0 N–H and O–H groups in total. The molecule has 1 aromatic carbocycles. The van der Waals surface area contributed by atoms with E-state index in [2.05, 4.69) is 32.7 Å². The third-order valence-electron chi connectivity index (χ3n) is 6.83. The minimum Gasteiger partial charge on any atom is -0.377 e. The van der Waals surface area contributed by atoms with Gasteiger partial charge in [-0.3, -0.25) is 9.80 Å². The molecular formula is C24H38N2O3. The monoisotopic (exact) mass is 402 g/mol. The number of hydrogen-bond acceptors (Lipinski definition) is 4. The van der Waals surface area contributed by atoms with Crippen molar-refractivity contribution in [3.05, 3.63) is 35.9 Å². The third kappa shape index (κ3) is 4.37. The highest BCUT2D eigenvalue weighted by Gasteiger charge is 2.55. The van der Waals surface area contributed by atoms with Crippen molar-refractivity contribution in [2.45, 2.75) is 90.2 Å². The number of methoxy groups -OCH3 is 1. The number of carbonyl (C=O) groups is 1. The minimum absolute atomic E-state index is 0.107. The molecule has 162 valence electrons. The number of carbonyl (C=O) groups excluding carboxylic acids is 1. The maximum atomic E-state index is 13.2. The molecule has 3 atom stereocenters. The first kappa shape index (κ1) is 22.3. The first-order valence-corrected chi connectivity index (χ1v) is 11.3. The summed E-state index contributed by atoms with van der Waals surface area (Å²) in [7, 11) is 1.82. The van der Waals surface area contributed by atoms with Crippen molar-refractivity contribution in [3.8, 4) is 0 Å². The fourth-order valence-electron chi connectivity index (χ4n) is 5.16. The fraction of sp³-hybridized carbons (Fsp3) is 0.708. The molecular weight excluding hydrogens is 364 g/mol. The Morgan fingerprint density at radius 3 is 2.45 bits per heavy atom. The quantitative estimate of drug-likeness (QED) is 0.544. The van der Waals surface area contributed by atoms with Crippen LogP contribution in [0.15, 0.2) is 30.3 Å². The normalized spacial score (nSPS) is 25.7. The number of ether oxygens (including phenoxy) is 2. The zero-order valence-corrected chi connectivity index (χ0v) is 18.8. The van der Waals surface area contributed by atoms with Crippen LogP contribution in [-0.2, 0) is 20.9 Å². The lowest BCUT2D eigenvalue weighted by atomic mass is 9.86. The van der Waals surface area contributed by atoms with Crippen molar-refractivity contribution in [1.29, 1.82) is 0 Å². The number of rotatable bonds is 10. The van der Waals surface area contributed by atoms with Crippen LogP contribution in [-0.4, -0.2) is 53.4 Å². The van der Waals surface area contributed by atoms with Crippen molar-refractivity contribution in [1.82, 2.24) is 10.0 Å². The number of hydrogen-bond donors (Lipinski definition) is 0. The van der Waals surface area contributed by atoms with Crippen molar-refractivity contribution < 1.29 is 14.3 Å². The van der Waals surface area contributed by atoms with E-state index in [0.29, 0.717) is 12.5 Å². The number of amides is 1. The Balaban J connectivity index is 1.76. The topological polar surface area (TPSA) is 42.0 Å². The summed E-state index contributed by atoms with van der Waals surface area (Å²) in [6.07, 6.45) is 4.68. The van der Waals surface area contributed by atoms with Gasteiger partial charge in [0.25, 0.3) is 5.91 Å². The number of nitrogens with zero attached hydrogens (tertiary/aromatic N) is 2. The van der Waals surface area contributed by atoms with Crippen LogP contribution >= 0.6 is 0 Å². The molecule has 0 bridgehead atoms. The molecule has 3 rings (SSSR count). The lowest BCUT2D eigenvalue weighted by Crippen LogP contribution is -2.73. The van der Waals surface area contributed by atoms with Crippen LogP contribution in [0.5, 0.6) is 0 Å². The van der Waals surface area contributed by atoms with E-state index in [1.807, 2.05) is 42.5 Å². The van der Waals surface area contributed by atoms with Crippen LogP contribution < -0.4 is 0 Å². The molecule has 29 heavy (non-hydrogen) atoms. The SMILES string of the molecule is CCC(CC)(OC)[C@@H]1CCCN1N1C(=O)[C@@H](OCc2ccccc2)[C@@H]1CC(C)C. The number of benzene rings is 1. The molecule has 2 aliphatic rings. The highest BCUT2D eigenvalue weighted by Crippen LogP contribution is 2.40. The van der Waals surface area contributed by atoms with E-state index in [4.69, 9.17) is 9.47 Å². The Hall–Kier alpha value is -1.43. The van der Waals surface area contributed by atoms with Gasteiger partial charge in [-0.1, -0.05) is 58.0 Å². The minimum atomic E-state index is -0.348. The summed E-state index contributed by atoms with van der Waals surface area (Å²) in [6, 6.07) is 10.5. The summed E-state index contributed by atoms with van der Waals surface area (Å²) in [5, 5.41) is 4.33. The van der Waals surface area contributed by atoms with E-state index in [1.165, 1.54) is 0 Å². The Bertz CT molecular complexity index is 651. The molecule has 0 aromatic heterocycles. The van der Waals surface area contributed by atoms with Crippen LogP contribution in [0.4, 0.5) is 0 Å². The van der Waals surface area contributed by atoms with Gasteiger partial charge >= 0.3 is 0 Å². The van der Waals surface area contributed by atoms with E-state index in [0.717, 1.165) is 44.2 Å². The fourth-order valence-corrected chi connectivity index (χ4v) is 5.16. The highest BCUT2D eigenvalue weighted by atomic mass is 16.5. The predicted molar refractivity (Wildman–Crippen MR) is 115 cm³/mol. The van der Waals surface area contributed by atoms with Crippen LogP contribution in [0.2, 0.25) is 0 Å². The van der Waals surface area contributed by atoms with E-state index in [-0.39, 0.29) is 29.7 Å². The van der Waals surface area contributed by atoms with Crippen molar-refractivity contribution >= 4 is 5.91 Å². The van der Waals surface area contributed by atoms with Crippen LogP contribution in [0.1, 0.15) is 65.4 Å². The summed E-state index contributed by atoms with van der Waals surface area (Å²) in [4.78, 5) is 13.2. The molecule has 0 aliphatic carbocycles. The molecule has 0 radical (unpaired) electrons. The van der Waals surface area contributed by atoms with Gasteiger partial charge in [-0.2, -0.15) is 0 Å². The zero-order valence-electron chi connectivity index (χ0n) is 18.8. The molecule has 1 amide bonds. The van der Waals surface area contributed by atoms with Gasteiger partial charge in [0.15, 0.2) is 6.10 Å². The lowest BCUT2D eigenvalue weighted by Gasteiger charge is -2.55. The average Bonchev–Trinajstić information content (AvgIpc) is 3.20. The van der Waals surface area contributed by atoms with Crippen LogP contribution in [0.25, 0.3) is 0 Å². The van der Waals surface area contributed by atoms with E-state index < -0.39 is 0 Å². The molecule has 2 saturated heterocycles. The second-order valence-corrected chi connectivity index (χ2v) is 8.89. The Labute approximate surface area is 176 Å². The Kier molecular flexibility index (Phi) is 7.36. The maximum Gasteiger partial charge on any atom is 0.268 e. The van der Waals surface area contributed by atoms with Crippen molar-refractivity contribution in [3.63, 3.8) is 0 Å². The average molecular weight is 403 g/mol. The number of β-lactam (4-membered cyclic amide) rings is 1. The van der Waals surface area contributed by atoms with Gasteiger partial charge in [0.2, 0.25) is 0 Å². The van der Waals surface area contributed by atoms with E-state index in [9.17, 15) is 4.79 Å². The molecule has 5 heteroatoms. The first-order chi connectivity index (χ1) is 14.0. The first-order valence-electron chi connectivity index (χ1n) is 11.3. The molecule has 0 saturated carbocycles. The molecule has 0 unspecified atom stereocenters. The summed E-state index contributed by atoms with van der Waals surface area (Å²) >= 11 is 0.